The molecule has 0 radical (unpaired) electrons. The van der Waals surface area contributed by atoms with Crippen LogP contribution in [0.5, 0.6) is 0 Å². The fourth-order valence-corrected chi connectivity index (χ4v) is 3.15. The van der Waals surface area contributed by atoms with Crippen LogP contribution in [0.4, 0.5) is 5.69 Å². The van der Waals surface area contributed by atoms with E-state index in [9.17, 15) is 0 Å². The minimum Gasteiger partial charge on any atom is -0.370 e. The molecule has 1 aromatic rings. The van der Waals surface area contributed by atoms with Crippen LogP contribution >= 0.6 is 0 Å². The minimum atomic E-state index is 0.391. The Kier molecular flexibility index (Phi) is 3.67. The van der Waals surface area contributed by atoms with Crippen molar-refractivity contribution in [2.24, 2.45) is 5.41 Å². The SMILES string of the molecule is CNC1CN(c2c(C)cccc2C)CCC1(C)C. The van der Waals surface area contributed by atoms with Gasteiger partial charge in [-0.15, -0.1) is 0 Å². The first-order valence-electron chi connectivity index (χ1n) is 6.94. The number of para-hydroxylation sites is 1. The van der Waals surface area contributed by atoms with E-state index in [1.165, 1.54) is 23.2 Å². The van der Waals surface area contributed by atoms with Gasteiger partial charge in [0.05, 0.1) is 0 Å². The Morgan fingerprint density at radius 3 is 2.39 bits per heavy atom. The third-order valence-corrected chi connectivity index (χ3v) is 4.48. The Morgan fingerprint density at radius 1 is 1.22 bits per heavy atom. The molecule has 1 aromatic carbocycles. The second-order valence-electron chi connectivity index (χ2n) is 6.27. The fourth-order valence-electron chi connectivity index (χ4n) is 3.15. The number of hydrogen-bond donors (Lipinski definition) is 1. The molecule has 0 bridgehead atoms. The first-order valence-corrected chi connectivity index (χ1v) is 6.94. The highest BCUT2D eigenvalue weighted by Gasteiger charge is 2.35. The van der Waals surface area contributed by atoms with Crippen LogP contribution in [0.25, 0.3) is 0 Å². The topological polar surface area (TPSA) is 15.3 Å². The van der Waals surface area contributed by atoms with Crippen LogP contribution in [0.3, 0.4) is 0 Å². The summed E-state index contributed by atoms with van der Waals surface area (Å²) in [7, 11) is 2.08. The average Bonchev–Trinajstić information content (AvgIpc) is 2.30. The van der Waals surface area contributed by atoms with Gasteiger partial charge in [0.25, 0.3) is 0 Å². The Balaban J connectivity index is 2.26. The fraction of sp³-hybridized carbons (Fsp3) is 0.625. The van der Waals surface area contributed by atoms with E-state index in [1.54, 1.807) is 0 Å². The number of rotatable bonds is 2. The van der Waals surface area contributed by atoms with E-state index in [2.05, 4.69) is 63.2 Å². The quantitative estimate of drug-likeness (QED) is 0.862. The van der Waals surface area contributed by atoms with Crippen molar-refractivity contribution in [3.8, 4) is 0 Å². The zero-order chi connectivity index (χ0) is 13.3. The minimum absolute atomic E-state index is 0.391. The van der Waals surface area contributed by atoms with E-state index in [-0.39, 0.29) is 0 Å². The van der Waals surface area contributed by atoms with Gasteiger partial charge in [-0.1, -0.05) is 32.0 Å². The summed E-state index contributed by atoms with van der Waals surface area (Å²) in [6.45, 7) is 11.4. The highest BCUT2D eigenvalue weighted by Crippen LogP contribution is 2.34. The van der Waals surface area contributed by atoms with Gasteiger partial charge < -0.3 is 10.2 Å². The molecule has 1 aliphatic heterocycles. The molecule has 0 spiro atoms. The molecular formula is C16H26N2. The third-order valence-electron chi connectivity index (χ3n) is 4.48. The summed E-state index contributed by atoms with van der Waals surface area (Å²) >= 11 is 0. The van der Waals surface area contributed by atoms with Crippen molar-refractivity contribution in [3.63, 3.8) is 0 Å². The molecule has 0 saturated carbocycles. The lowest BCUT2D eigenvalue weighted by molar-refractivity contribution is 0.207. The van der Waals surface area contributed by atoms with Gasteiger partial charge in [0.2, 0.25) is 0 Å². The molecule has 0 aliphatic carbocycles. The summed E-state index contributed by atoms with van der Waals surface area (Å²) in [5, 5.41) is 3.49. The summed E-state index contributed by atoms with van der Waals surface area (Å²) in [5.74, 6) is 0. The Morgan fingerprint density at radius 2 is 1.83 bits per heavy atom. The van der Waals surface area contributed by atoms with E-state index < -0.39 is 0 Å². The van der Waals surface area contributed by atoms with Gasteiger partial charge in [0.1, 0.15) is 0 Å². The zero-order valence-corrected chi connectivity index (χ0v) is 12.4. The van der Waals surface area contributed by atoms with E-state index in [0.29, 0.717) is 11.5 Å². The summed E-state index contributed by atoms with van der Waals surface area (Å²) in [5.41, 5.74) is 4.62. The molecule has 1 unspecified atom stereocenters. The molecule has 1 fully saturated rings. The number of hydrogen-bond acceptors (Lipinski definition) is 2. The Bertz CT molecular complexity index is 403. The second kappa shape index (κ2) is 4.93. The molecule has 2 heteroatoms. The molecular weight excluding hydrogens is 220 g/mol. The maximum atomic E-state index is 3.49. The van der Waals surface area contributed by atoms with Crippen molar-refractivity contribution in [2.45, 2.75) is 40.2 Å². The van der Waals surface area contributed by atoms with E-state index in [4.69, 9.17) is 0 Å². The van der Waals surface area contributed by atoms with Crippen LogP contribution in [-0.2, 0) is 0 Å². The van der Waals surface area contributed by atoms with Crippen LogP contribution in [0.15, 0.2) is 18.2 Å². The van der Waals surface area contributed by atoms with E-state index >= 15 is 0 Å². The second-order valence-corrected chi connectivity index (χ2v) is 6.27. The predicted octanol–water partition coefficient (Wildman–Crippen LogP) is 3.13. The van der Waals surface area contributed by atoms with Gasteiger partial charge in [-0.25, -0.2) is 0 Å². The molecule has 1 N–H and O–H groups in total. The third kappa shape index (κ3) is 2.39. The predicted molar refractivity (Wildman–Crippen MR) is 79.4 cm³/mol. The largest absolute Gasteiger partial charge is 0.370 e. The lowest BCUT2D eigenvalue weighted by atomic mass is 9.78. The van der Waals surface area contributed by atoms with Crippen molar-refractivity contribution >= 4 is 5.69 Å². The van der Waals surface area contributed by atoms with Gasteiger partial charge in [0.15, 0.2) is 0 Å². The summed E-state index contributed by atoms with van der Waals surface area (Å²) < 4.78 is 0. The Hall–Kier alpha value is -1.02. The van der Waals surface area contributed by atoms with Gasteiger partial charge >= 0.3 is 0 Å². The van der Waals surface area contributed by atoms with Crippen LogP contribution < -0.4 is 10.2 Å². The van der Waals surface area contributed by atoms with E-state index in [1.807, 2.05) is 0 Å². The average molecular weight is 246 g/mol. The maximum absolute atomic E-state index is 3.49. The van der Waals surface area contributed by atoms with Crippen LogP contribution in [0.1, 0.15) is 31.4 Å². The number of nitrogens with zero attached hydrogens (tertiary/aromatic N) is 1. The van der Waals surface area contributed by atoms with Crippen LogP contribution in [-0.4, -0.2) is 26.2 Å². The first-order chi connectivity index (χ1) is 8.45. The first kappa shape index (κ1) is 13.4. The number of aryl methyl sites for hydroxylation is 2. The zero-order valence-electron chi connectivity index (χ0n) is 12.4. The number of anilines is 1. The molecule has 0 amide bonds. The lowest BCUT2D eigenvalue weighted by Gasteiger charge is -2.45. The van der Waals surface area contributed by atoms with Crippen molar-refractivity contribution in [1.82, 2.24) is 5.32 Å². The summed E-state index contributed by atoms with van der Waals surface area (Å²) in [6.07, 6.45) is 1.24. The summed E-state index contributed by atoms with van der Waals surface area (Å²) in [6, 6.07) is 7.15. The number of nitrogens with one attached hydrogen (secondary N) is 1. The maximum Gasteiger partial charge on any atom is 0.0426 e. The van der Waals surface area contributed by atoms with Crippen LogP contribution in [0, 0.1) is 19.3 Å². The molecule has 1 atom stereocenters. The molecule has 18 heavy (non-hydrogen) atoms. The molecule has 2 nitrogen and oxygen atoms in total. The highest BCUT2D eigenvalue weighted by atomic mass is 15.2. The van der Waals surface area contributed by atoms with Crippen molar-refractivity contribution in [1.29, 1.82) is 0 Å². The molecule has 100 valence electrons. The van der Waals surface area contributed by atoms with Crippen LogP contribution in [0.2, 0.25) is 0 Å². The molecule has 1 saturated heterocycles. The number of likely N-dealkylation sites (N-methyl/N-ethyl adjacent to an activating group) is 1. The monoisotopic (exact) mass is 246 g/mol. The molecule has 0 aromatic heterocycles. The number of benzene rings is 1. The van der Waals surface area contributed by atoms with Gasteiger partial charge in [0, 0.05) is 24.8 Å². The van der Waals surface area contributed by atoms with Crippen molar-refractivity contribution in [2.75, 3.05) is 25.0 Å². The highest BCUT2D eigenvalue weighted by molar-refractivity contribution is 5.59. The molecule has 1 aliphatic rings. The molecule has 2 rings (SSSR count). The van der Waals surface area contributed by atoms with Gasteiger partial charge in [-0.2, -0.15) is 0 Å². The molecule has 1 heterocycles. The Labute approximate surface area is 111 Å². The van der Waals surface area contributed by atoms with Crippen molar-refractivity contribution < 1.29 is 0 Å². The summed E-state index contributed by atoms with van der Waals surface area (Å²) in [4.78, 5) is 2.55. The van der Waals surface area contributed by atoms with Crippen molar-refractivity contribution in [3.05, 3.63) is 29.3 Å². The lowest BCUT2D eigenvalue weighted by Crippen LogP contribution is -2.54. The smallest absolute Gasteiger partial charge is 0.0426 e. The van der Waals surface area contributed by atoms with E-state index in [0.717, 1.165) is 13.1 Å². The van der Waals surface area contributed by atoms with Gasteiger partial charge in [-0.3, -0.25) is 0 Å². The standard InChI is InChI=1S/C16H26N2/c1-12-7-6-8-13(2)15(12)18-10-9-16(3,4)14(11-18)17-5/h6-8,14,17H,9-11H2,1-5H3. The normalized spacial score (nSPS) is 23.2. The van der Waals surface area contributed by atoms with Gasteiger partial charge in [-0.05, 0) is 43.9 Å². The number of piperidine rings is 1.